The Hall–Kier alpha value is -3.62. The smallest absolute Gasteiger partial charge is 0.266 e. The van der Waals surface area contributed by atoms with Gasteiger partial charge in [-0.2, -0.15) is 0 Å². The third kappa shape index (κ3) is 6.78. The Bertz CT molecular complexity index is 1300. The van der Waals surface area contributed by atoms with E-state index in [-0.39, 0.29) is 24.5 Å². The number of nitrogens with zero attached hydrogens (tertiary/aromatic N) is 1. The van der Waals surface area contributed by atoms with E-state index in [0.717, 1.165) is 16.7 Å². The van der Waals surface area contributed by atoms with E-state index in [2.05, 4.69) is 5.32 Å². The number of thioether (sulfide) groups is 1. The maximum absolute atomic E-state index is 13.2. The zero-order chi connectivity index (χ0) is 26.2. The van der Waals surface area contributed by atoms with Gasteiger partial charge in [0.05, 0.1) is 17.6 Å². The van der Waals surface area contributed by atoms with E-state index in [1.54, 1.807) is 23.1 Å². The highest BCUT2D eigenvalue weighted by Gasteiger charge is 2.35. The second-order valence-corrected chi connectivity index (χ2v) is 10.0. The predicted octanol–water partition coefficient (Wildman–Crippen LogP) is 5.74. The predicted molar refractivity (Wildman–Crippen MR) is 151 cm³/mol. The van der Waals surface area contributed by atoms with Crippen LogP contribution in [0.4, 0.5) is 0 Å². The van der Waals surface area contributed by atoms with Gasteiger partial charge in [0.2, 0.25) is 0 Å². The monoisotopic (exact) mass is 532 g/mol. The summed E-state index contributed by atoms with van der Waals surface area (Å²) in [6, 6.07) is 24.7. The van der Waals surface area contributed by atoms with Crippen LogP contribution >= 0.6 is 24.0 Å². The Labute approximate surface area is 226 Å². The Morgan fingerprint density at radius 3 is 2.43 bits per heavy atom. The molecule has 37 heavy (non-hydrogen) atoms. The Morgan fingerprint density at radius 1 is 1.03 bits per heavy atom. The molecule has 6 nitrogen and oxygen atoms in total. The van der Waals surface area contributed by atoms with Crippen LogP contribution in [-0.4, -0.2) is 34.2 Å². The van der Waals surface area contributed by atoms with E-state index in [1.807, 2.05) is 80.6 Å². The zero-order valence-corrected chi connectivity index (χ0v) is 22.3. The van der Waals surface area contributed by atoms with Crippen molar-refractivity contribution in [3.8, 4) is 11.5 Å². The van der Waals surface area contributed by atoms with Crippen molar-refractivity contribution in [3.63, 3.8) is 0 Å². The molecule has 1 fully saturated rings. The zero-order valence-electron chi connectivity index (χ0n) is 20.7. The van der Waals surface area contributed by atoms with Crippen molar-refractivity contribution >= 4 is 46.2 Å². The van der Waals surface area contributed by atoms with Gasteiger partial charge in [-0.25, -0.2) is 0 Å². The molecular formula is C29H28N2O4S2. The normalized spacial score (nSPS) is 15.1. The molecule has 3 aromatic carbocycles. The van der Waals surface area contributed by atoms with E-state index < -0.39 is 0 Å². The molecule has 0 aromatic heterocycles. The highest BCUT2D eigenvalue weighted by molar-refractivity contribution is 8.26. The van der Waals surface area contributed by atoms with Crippen LogP contribution in [0.15, 0.2) is 83.8 Å². The SMILES string of the molecule is CCOc1cc(/C=C2\SC(=S)N([C@@H](C)c3ccccc3)C2=O)ccc1OCC(=O)NCc1ccccc1. The number of benzene rings is 3. The van der Waals surface area contributed by atoms with Crippen LogP contribution in [0.3, 0.4) is 0 Å². The van der Waals surface area contributed by atoms with Crippen LogP contribution in [-0.2, 0) is 16.1 Å². The number of rotatable bonds is 10. The highest BCUT2D eigenvalue weighted by Crippen LogP contribution is 2.39. The van der Waals surface area contributed by atoms with Gasteiger partial charge in [0.15, 0.2) is 18.1 Å². The maximum Gasteiger partial charge on any atom is 0.266 e. The summed E-state index contributed by atoms with van der Waals surface area (Å²) in [6.45, 7) is 4.57. The molecule has 8 heteroatoms. The van der Waals surface area contributed by atoms with Crippen LogP contribution in [0.5, 0.6) is 11.5 Å². The Morgan fingerprint density at radius 2 is 1.73 bits per heavy atom. The molecule has 0 unspecified atom stereocenters. The molecule has 1 N–H and O–H groups in total. The topological polar surface area (TPSA) is 67.9 Å². The quantitative estimate of drug-likeness (QED) is 0.265. The summed E-state index contributed by atoms with van der Waals surface area (Å²) in [5, 5.41) is 2.84. The van der Waals surface area contributed by atoms with Crippen molar-refractivity contribution in [2.24, 2.45) is 0 Å². The van der Waals surface area contributed by atoms with Crippen molar-refractivity contribution in [1.82, 2.24) is 10.2 Å². The molecule has 0 saturated carbocycles. The second-order valence-electron chi connectivity index (χ2n) is 8.33. The van der Waals surface area contributed by atoms with Crippen LogP contribution in [0.1, 0.15) is 36.6 Å². The number of carbonyl (C=O) groups excluding carboxylic acids is 2. The number of carbonyl (C=O) groups is 2. The number of amides is 2. The van der Waals surface area contributed by atoms with Crippen LogP contribution in [0.2, 0.25) is 0 Å². The highest BCUT2D eigenvalue weighted by atomic mass is 32.2. The van der Waals surface area contributed by atoms with Crippen molar-refractivity contribution < 1.29 is 19.1 Å². The summed E-state index contributed by atoms with van der Waals surface area (Å²) in [7, 11) is 0. The summed E-state index contributed by atoms with van der Waals surface area (Å²) in [4.78, 5) is 27.7. The van der Waals surface area contributed by atoms with Gasteiger partial charge in [-0.15, -0.1) is 0 Å². The molecule has 0 bridgehead atoms. The average Bonchev–Trinajstić information content (AvgIpc) is 3.20. The minimum Gasteiger partial charge on any atom is -0.490 e. The summed E-state index contributed by atoms with van der Waals surface area (Å²) in [5.74, 6) is 0.602. The largest absolute Gasteiger partial charge is 0.490 e. The van der Waals surface area contributed by atoms with Gasteiger partial charge in [0, 0.05) is 6.54 Å². The summed E-state index contributed by atoms with van der Waals surface area (Å²) in [5.41, 5.74) is 2.81. The lowest BCUT2D eigenvalue weighted by atomic mass is 10.1. The van der Waals surface area contributed by atoms with Crippen molar-refractivity contribution in [3.05, 3.63) is 100 Å². The van der Waals surface area contributed by atoms with E-state index in [9.17, 15) is 9.59 Å². The first-order valence-electron chi connectivity index (χ1n) is 12.0. The third-order valence-corrected chi connectivity index (χ3v) is 7.08. The molecule has 1 aliphatic rings. The molecular weight excluding hydrogens is 504 g/mol. The summed E-state index contributed by atoms with van der Waals surface area (Å²) >= 11 is 6.82. The van der Waals surface area contributed by atoms with Gasteiger partial charge < -0.3 is 14.8 Å². The molecule has 1 heterocycles. The van der Waals surface area contributed by atoms with E-state index in [1.165, 1.54) is 11.8 Å². The lowest BCUT2D eigenvalue weighted by Crippen LogP contribution is -2.30. The van der Waals surface area contributed by atoms with Crippen molar-refractivity contribution in [2.75, 3.05) is 13.2 Å². The van der Waals surface area contributed by atoms with Gasteiger partial charge in [-0.1, -0.05) is 90.7 Å². The molecule has 1 aliphatic heterocycles. The molecule has 0 radical (unpaired) electrons. The lowest BCUT2D eigenvalue weighted by molar-refractivity contribution is -0.124. The lowest BCUT2D eigenvalue weighted by Gasteiger charge is -2.23. The van der Waals surface area contributed by atoms with Gasteiger partial charge >= 0.3 is 0 Å². The summed E-state index contributed by atoms with van der Waals surface area (Å²) in [6.07, 6.45) is 1.80. The minimum atomic E-state index is -0.230. The molecule has 1 atom stereocenters. The van der Waals surface area contributed by atoms with Crippen LogP contribution in [0.25, 0.3) is 6.08 Å². The number of thiocarbonyl (C=S) groups is 1. The molecule has 0 spiro atoms. The van der Waals surface area contributed by atoms with Gasteiger partial charge in [0.1, 0.15) is 4.32 Å². The Balaban J connectivity index is 1.43. The maximum atomic E-state index is 13.2. The molecule has 2 amide bonds. The first-order chi connectivity index (χ1) is 18.0. The van der Waals surface area contributed by atoms with Gasteiger partial charge in [0.25, 0.3) is 11.8 Å². The van der Waals surface area contributed by atoms with E-state index in [4.69, 9.17) is 21.7 Å². The number of nitrogens with one attached hydrogen (secondary N) is 1. The summed E-state index contributed by atoms with van der Waals surface area (Å²) < 4.78 is 12.0. The first kappa shape index (κ1) is 26.4. The molecule has 1 saturated heterocycles. The molecule has 3 aromatic rings. The van der Waals surface area contributed by atoms with Gasteiger partial charge in [-0.05, 0) is 48.7 Å². The fraction of sp³-hybridized carbons (Fsp3) is 0.207. The second kappa shape index (κ2) is 12.6. The minimum absolute atomic E-state index is 0.125. The van der Waals surface area contributed by atoms with E-state index >= 15 is 0 Å². The number of ether oxygens (including phenoxy) is 2. The van der Waals surface area contributed by atoms with E-state index in [0.29, 0.717) is 33.9 Å². The third-order valence-electron chi connectivity index (χ3n) is 5.75. The Kier molecular flexibility index (Phi) is 8.98. The fourth-order valence-corrected chi connectivity index (χ4v) is 5.26. The van der Waals surface area contributed by atoms with Crippen molar-refractivity contribution in [1.29, 1.82) is 0 Å². The van der Waals surface area contributed by atoms with Crippen LogP contribution < -0.4 is 14.8 Å². The average molecular weight is 533 g/mol. The molecule has 4 rings (SSSR count). The first-order valence-corrected chi connectivity index (χ1v) is 13.2. The van der Waals surface area contributed by atoms with Crippen LogP contribution in [0, 0.1) is 0 Å². The van der Waals surface area contributed by atoms with Gasteiger partial charge in [-0.3, -0.25) is 14.5 Å². The standard InChI is InChI=1S/C29H28N2O4S2/c1-3-34-25-16-22(14-15-24(25)35-19-27(32)30-18-21-10-6-4-7-11-21)17-26-28(33)31(29(36)37-26)20(2)23-12-8-5-9-13-23/h4-17,20H,3,18-19H2,1-2H3,(H,30,32)/b26-17-/t20-/m0/s1. The number of hydrogen-bond donors (Lipinski definition) is 1. The number of hydrogen-bond acceptors (Lipinski definition) is 6. The molecule has 0 aliphatic carbocycles. The van der Waals surface area contributed by atoms with Crippen molar-refractivity contribution in [2.45, 2.75) is 26.4 Å². The fourth-order valence-electron chi connectivity index (χ4n) is 3.84. The molecule has 190 valence electrons.